The summed E-state index contributed by atoms with van der Waals surface area (Å²) in [5, 5.41) is 2.19. The smallest absolute Gasteiger partial charge is 0.408 e. The Morgan fingerprint density at radius 1 is 1.21 bits per heavy atom. The molecule has 0 aliphatic carbocycles. The van der Waals surface area contributed by atoms with Crippen LogP contribution in [0, 0.1) is 0 Å². The highest BCUT2D eigenvalue weighted by atomic mass is 19.4. The number of hydrogen-bond acceptors (Lipinski definition) is 4. The van der Waals surface area contributed by atoms with Gasteiger partial charge in [0.1, 0.15) is 18.2 Å². The van der Waals surface area contributed by atoms with Crippen LogP contribution in [-0.2, 0) is 9.53 Å². The van der Waals surface area contributed by atoms with E-state index < -0.39 is 36.4 Å². The average molecular weight is 285 g/mol. The van der Waals surface area contributed by atoms with Gasteiger partial charge < -0.3 is 10.1 Å². The first-order valence-corrected chi connectivity index (χ1v) is 5.50. The quantitative estimate of drug-likeness (QED) is 0.675. The van der Waals surface area contributed by atoms with Gasteiger partial charge in [0, 0.05) is 0 Å². The standard InChI is InChI=1S/C10H18F3N3O3/c1-6(15-8(18)19-9(2,3)4)7(17)16-14-5-10(11,12)13/h6,14H,5H2,1-4H3,(H,15,18)(H,16,17)/t6-/m1/s1. The van der Waals surface area contributed by atoms with Crippen LogP contribution in [0.5, 0.6) is 0 Å². The second-order valence-corrected chi connectivity index (χ2v) is 4.83. The lowest BCUT2D eigenvalue weighted by molar-refractivity contribution is -0.133. The lowest BCUT2D eigenvalue weighted by atomic mass is 10.2. The highest BCUT2D eigenvalue weighted by molar-refractivity contribution is 5.84. The molecule has 9 heteroatoms. The number of rotatable bonds is 4. The molecule has 0 rings (SSSR count). The van der Waals surface area contributed by atoms with Gasteiger partial charge in [-0.2, -0.15) is 13.2 Å². The summed E-state index contributed by atoms with van der Waals surface area (Å²) in [6.45, 7) is 4.87. The number of alkyl halides is 3. The van der Waals surface area contributed by atoms with E-state index in [9.17, 15) is 22.8 Å². The van der Waals surface area contributed by atoms with Gasteiger partial charge in [0.15, 0.2) is 0 Å². The van der Waals surface area contributed by atoms with E-state index in [0.29, 0.717) is 0 Å². The van der Waals surface area contributed by atoms with Crippen molar-refractivity contribution in [1.29, 1.82) is 0 Å². The first-order valence-electron chi connectivity index (χ1n) is 5.50. The van der Waals surface area contributed by atoms with E-state index in [4.69, 9.17) is 4.74 Å². The predicted molar refractivity (Wildman–Crippen MR) is 61.0 cm³/mol. The molecule has 3 N–H and O–H groups in total. The van der Waals surface area contributed by atoms with Gasteiger partial charge in [-0.15, -0.1) is 0 Å². The summed E-state index contributed by atoms with van der Waals surface area (Å²) in [4.78, 5) is 22.6. The minimum atomic E-state index is -4.44. The molecule has 0 unspecified atom stereocenters. The summed E-state index contributed by atoms with van der Waals surface area (Å²) in [7, 11) is 0. The number of halogens is 3. The molecule has 6 nitrogen and oxygen atoms in total. The number of ether oxygens (including phenoxy) is 1. The van der Waals surface area contributed by atoms with Gasteiger partial charge in [0.25, 0.3) is 5.91 Å². The molecule has 0 saturated heterocycles. The monoisotopic (exact) mass is 285 g/mol. The largest absolute Gasteiger partial charge is 0.444 e. The number of carbonyl (C=O) groups is 2. The number of amides is 2. The van der Waals surface area contributed by atoms with Crippen molar-refractivity contribution in [3.63, 3.8) is 0 Å². The van der Waals surface area contributed by atoms with E-state index in [1.807, 2.05) is 5.43 Å². The molecule has 0 aliphatic rings. The molecule has 0 heterocycles. The molecular formula is C10H18F3N3O3. The maximum atomic E-state index is 11.8. The summed E-state index contributed by atoms with van der Waals surface area (Å²) < 4.78 is 40.3. The molecule has 0 aromatic rings. The summed E-state index contributed by atoms with van der Waals surface area (Å²) in [6.07, 6.45) is -5.26. The zero-order valence-corrected chi connectivity index (χ0v) is 11.1. The lowest BCUT2D eigenvalue weighted by Crippen LogP contribution is -2.51. The fourth-order valence-electron chi connectivity index (χ4n) is 0.890. The third-order valence-electron chi connectivity index (χ3n) is 1.63. The SMILES string of the molecule is C[C@@H](NC(=O)OC(C)(C)C)C(=O)NNCC(F)(F)F. The van der Waals surface area contributed by atoms with Crippen molar-refractivity contribution < 1.29 is 27.5 Å². The summed E-state index contributed by atoms with van der Waals surface area (Å²) >= 11 is 0. The van der Waals surface area contributed by atoms with Crippen LogP contribution < -0.4 is 16.2 Å². The van der Waals surface area contributed by atoms with E-state index in [-0.39, 0.29) is 0 Å². The van der Waals surface area contributed by atoms with Crippen LogP contribution in [0.25, 0.3) is 0 Å². The Morgan fingerprint density at radius 3 is 2.16 bits per heavy atom. The maximum absolute atomic E-state index is 11.8. The van der Waals surface area contributed by atoms with Gasteiger partial charge in [-0.1, -0.05) is 0 Å². The number of alkyl carbamates (subject to hydrolysis) is 1. The van der Waals surface area contributed by atoms with E-state index in [1.54, 1.807) is 26.2 Å². The van der Waals surface area contributed by atoms with Gasteiger partial charge in [0.2, 0.25) is 0 Å². The van der Waals surface area contributed by atoms with Crippen molar-refractivity contribution in [2.24, 2.45) is 0 Å². The Hall–Kier alpha value is -1.51. The molecule has 0 bridgehead atoms. The minimum Gasteiger partial charge on any atom is -0.444 e. The molecule has 0 aliphatic heterocycles. The molecule has 0 radical (unpaired) electrons. The molecule has 19 heavy (non-hydrogen) atoms. The van der Waals surface area contributed by atoms with Crippen molar-refractivity contribution in [1.82, 2.24) is 16.2 Å². The Balaban J connectivity index is 4.04. The van der Waals surface area contributed by atoms with Crippen LogP contribution in [0.2, 0.25) is 0 Å². The van der Waals surface area contributed by atoms with Crippen molar-refractivity contribution in [2.75, 3.05) is 6.54 Å². The molecule has 2 amide bonds. The minimum absolute atomic E-state index is 0.727. The van der Waals surface area contributed by atoms with E-state index >= 15 is 0 Å². The Morgan fingerprint density at radius 2 is 1.74 bits per heavy atom. The van der Waals surface area contributed by atoms with Gasteiger partial charge >= 0.3 is 12.3 Å². The highest BCUT2D eigenvalue weighted by Crippen LogP contribution is 2.11. The summed E-state index contributed by atoms with van der Waals surface area (Å²) in [5.41, 5.74) is 2.81. The first-order chi connectivity index (χ1) is 8.41. The van der Waals surface area contributed by atoms with Crippen molar-refractivity contribution in [2.45, 2.75) is 45.5 Å². The van der Waals surface area contributed by atoms with E-state index in [1.165, 1.54) is 6.92 Å². The van der Waals surface area contributed by atoms with Crippen LogP contribution >= 0.6 is 0 Å². The van der Waals surface area contributed by atoms with Gasteiger partial charge in [-0.05, 0) is 27.7 Å². The first kappa shape index (κ1) is 17.5. The second kappa shape index (κ2) is 6.60. The van der Waals surface area contributed by atoms with Gasteiger partial charge in [-0.3, -0.25) is 10.2 Å². The van der Waals surface area contributed by atoms with E-state index in [2.05, 4.69) is 5.32 Å². The summed E-state index contributed by atoms with van der Waals surface area (Å²) in [6, 6.07) is -1.03. The topological polar surface area (TPSA) is 79.5 Å². The maximum Gasteiger partial charge on any atom is 0.408 e. The third kappa shape index (κ3) is 10.1. The zero-order chi connectivity index (χ0) is 15.3. The lowest BCUT2D eigenvalue weighted by Gasteiger charge is -2.21. The van der Waals surface area contributed by atoms with Crippen molar-refractivity contribution in [3.8, 4) is 0 Å². The zero-order valence-electron chi connectivity index (χ0n) is 11.1. The molecule has 1 atom stereocenters. The summed E-state index contributed by atoms with van der Waals surface area (Å²) in [5.74, 6) is -0.810. The van der Waals surface area contributed by atoms with Gasteiger partial charge in [-0.25, -0.2) is 10.2 Å². The van der Waals surface area contributed by atoms with Crippen LogP contribution in [-0.4, -0.2) is 36.4 Å². The number of hydrogen-bond donors (Lipinski definition) is 3. The van der Waals surface area contributed by atoms with Crippen LogP contribution in [0.4, 0.5) is 18.0 Å². The Labute approximate surface area is 109 Å². The number of nitrogens with one attached hydrogen (secondary N) is 3. The van der Waals surface area contributed by atoms with E-state index in [0.717, 1.165) is 0 Å². The predicted octanol–water partition coefficient (Wildman–Crippen LogP) is 1.08. The number of hydrazine groups is 1. The third-order valence-corrected chi connectivity index (χ3v) is 1.63. The van der Waals surface area contributed by atoms with Crippen LogP contribution in [0.15, 0.2) is 0 Å². The molecule has 112 valence electrons. The van der Waals surface area contributed by atoms with Crippen molar-refractivity contribution >= 4 is 12.0 Å². The van der Waals surface area contributed by atoms with Gasteiger partial charge in [0.05, 0.1) is 0 Å². The molecular weight excluding hydrogens is 267 g/mol. The molecule has 0 aromatic carbocycles. The fraction of sp³-hybridized carbons (Fsp3) is 0.800. The van der Waals surface area contributed by atoms with Crippen molar-refractivity contribution in [3.05, 3.63) is 0 Å². The Kier molecular flexibility index (Phi) is 6.07. The molecule has 0 spiro atoms. The highest BCUT2D eigenvalue weighted by Gasteiger charge is 2.27. The molecule has 0 aromatic heterocycles. The molecule has 0 saturated carbocycles. The number of carbonyl (C=O) groups excluding carboxylic acids is 2. The fourth-order valence-corrected chi connectivity index (χ4v) is 0.890. The normalized spacial score (nSPS) is 13.6. The second-order valence-electron chi connectivity index (χ2n) is 4.83. The molecule has 0 fully saturated rings. The average Bonchev–Trinajstić information content (AvgIpc) is 2.11. The van der Waals surface area contributed by atoms with Crippen LogP contribution in [0.3, 0.4) is 0 Å². The Bertz CT molecular complexity index is 326. The van der Waals surface area contributed by atoms with Crippen LogP contribution in [0.1, 0.15) is 27.7 Å².